The minimum absolute atomic E-state index is 0.0489. The van der Waals surface area contributed by atoms with E-state index in [1.54, 1.807) is 25.7 Å². The number of sulfone groups is 1. The monoisotopic (exact) mass is 668 g/mol. The van der Waals surface area contributed by atoms with Gasteiger partial charge in [0.05, 0.1) is 26.9 Å². The second-order valence-corrected chi connectivity index (χ2v) is 13.9. The molecule has 1 saturated heterocycles. The lowest BCUT2D eigenvalue weighted by Gasteiger charge is -2.23. The summed E-state index contributed by atoms with van der Waals surface area (Å²) in [5.74, 6) is -1.84. The van der Waals surface area contributed by atoms with Gasteiger partial charge in [-0.05, 0) is 57.0 Å². The first-order chi connectivity index (χ1) is 19.8. The van der Waals surface area contributed by atoms with Gasteiger partial charge in [-0.15, -0.1) is 13.2 Å². The van der Waals surface area contributed by atoms with Crippen molar-refractivity contribution >= 4 is 50.7 Å². The number of carbonyl (C=O) groups is 2. The van der Waals surface area contributed by atoms with E-state index >= 15 is 0 Å². The third kappa shape index (κ3) is 9.52. The van der Waals surface area contributed by atoms with Crippen molar-refractivity contribution in [3.63, 3.8) is 0 Å². The Morgan fingerprint density at radius 1 is 1.16 bits per heavy atom. The summed E-state index contributed by atoms with van der Waals surface area (Å²) in [6.07, 6.45) is -5.23. The van der Waals surface area contributed by atoms with Crippen LogP contribution in [0.1, 0.15) is 55.6 Å². The maximum absolute atomic E-state index is 13.4. The first-order valence-electron chi connectivity index (χ1n) is 13.2. The SMILES string of the molecule is CCS(=O)(=O)c1ccc(Cl)cc1CNC(=O)c1cc(OC(F)(F)F)c(CN2CC[C@@H](NC(=O)OC(C)(C)C)C2)c(Cl)c1N. The van der Waals surface area contributed by atoms with Crippen LogP contribution in [0.25, 0.3) is 0 Å². The van der Waals surface area contributed by atoms with Crippen LogP contribution < -0.4 is 21.1 Å². The van der Waals surface area contributed by atoms with Crippen LogP contribution in [-0.4, -0.2) is 62.2 Å². The lowest BCUT2D eigenvalue weighted by molar-refractivity contribution is -0.275. The van der Waals surface area contributed by atoms with E-state index in [2.05, 4.69) is 15.4 Å². The second-order valence-electron chi connectivity index (χ2n) is 10.9. The first-order valence-corrected chi connectivity index (χ1v) is 15.6. The molecule has 43 heavy (non-hydrogen) atoms. The van der Waals surface area contributed by atoms with Crippen molar-refractivity contribution in [2.24, 2.45) is 0 Å². The summed E-state index contributed by atoms with van der Waals surface area (Å²) in [5, 5.41) is 5.11. The zero-order valence-corrected chi connectivity index (χ0v) is 26.2. The molecule has 238 valence electrons. The number of benzene rings is 2. The molecule has 2 aromatic carbocycles. The number of hydrogen-bond acceptors (Lipinski definition) is 8. The molecule has 0 radical (unpaired) electrons. The molecular formula is C27H33Cl2F3N4O6S. The van der Waals surface area contributed by atoms with E-state index in [0.29, 0.717) is 13.0 Å². The Morgan fingerprint density at radius 3 is 2.44 bits per heavy atom. The molecule has 0 spiro atoms. The van der Waals surface area contributed by atoms with Gasteiger partial charge in [-0.1, -0.05) is 30.1 Å². The zero-order valence-electron chi connectivity index (χ0n) is 23.9. The van der Waals surface area contributed by atoms with Gasteiger partial charge in [-0.3, -0.25) is 9.69 Å². The molecular weight excluding hydrogens is 636 g/mol. The van der Waals surface area contributed by atoms with Gasteiger partial charge in [0.25, 0.3) is 5.91 Å². The average Bonchev–Trinajstić information content (AvgIpc) is 3.31. The maximum Gasteiger partial charge on any atom is 0.573 e. The van der Waals surface area contributed by atoms with Gasteiger partial charge in [0.2, 0.25) is 0 Å². The highest BCUT2D eigenvalue weighted by Gasteiger charge is 2.35. The highest BCUT2D eigenvalue weighted by Crippen LogP contribution is 2.39. The number of alkyl halides is 3. The van der Waals surface area contributed by atoms with E-state index in [-0.39, 0.29) is 63.2 Å². The summed E-state index contributed by atoms with van der Waals surface area (Å²) in [7, 11) is -3.67. The molecule has 0 aromatic heterocycles. The third-order valence-corrected chi connectivity index (χ3v) is 8.88. The molecule has 4 N–H and O–H groups in total. The fourth-order valence-corrected chi connectivity index (χ4v) is 6.01. The van der Waals surface area contributed by atoms with Gasteiger partial charge in [0.15, 0.2) is 9.84 Å². The van der Waals surface area contributed by atoms with Crippen LogP contribution in [0.5, 0.6) is 5.75 Å². The van der Waals surface area contributed by atoms with Gasteiger partial charge in [0.1, 0.15) is 11.4 Å². The number of nitrogens with zero attached hydrogens (tertiary/aromatic N) is 1. The zero-order chi connectivity index (χ0) is 32.3. The number of ether oxygens (including phenoxy) is 2. The number of nitrogens with one attached hydrogen (secondary N) is 2. The molecule has 0 aliphatic carbocycles. The van der Waals surface area contributed by atoms with Crippen molar-refractivity contribution in [3.05, 3.63) is 51.0 Å². The Balaban J connectivity index is 1.84. The van der Waals surface area contributed by atoms with Gasteiger partial charge < -0.3 is 25.8 Å². The molecule has 0 unspecified atom stereocenters. The van der Waals surface area contributed by atoms with Crippen LogP contribution in [0.4, 0.5) is 23.7 Å². The average molecular weight is 670 g/mol. The molecule has 0 bridgehead atoms. The molecule has 1 aliphatic heterocycles. The summed E-state index contributed by atoms with van der Waals surface area (Å²) in [6, 6.07) is 4.58. The molecule has 1 heterocycles. The maximum atomic E-state index is 13.4. The predicted octanol–water partition coefficient (Wildman–Crippen LogP) is 5.30. The quantitative estimate of drug-likeness (QED) is 0.306. The molecule has 1 aliphatic rings. The van der Waals surface area contributed by atoms with Crippen molar-refractivity contribution in [1.82, 2.24) is 15.5 Å². The Hall–Kier alpha value is -2.94. The third-order valence-electron chi connectivity index (χ3n) is 6.39. The Labute approximate surface area is 257 Å². The Morgan fingerprint density at radius 2 is 1.84 bits per heavy atom. The normalized spacial score (nSPS) is 16.2. The molecule has 2 aromatic rings. The first kappa shape index (κ1) is 34.5. The number of carbonyl (C=O) groups excluding carboxylic acids is 2. The van der Waals surface area contributed by atoms with Crippen LogP contribution in [0, 0.1) is 0 Å². The number of nitrogens with two attached hydrogens (primary N) is 1. The number of hydrogen-bond donors (Lipinski definition) is 3. The van der Waals surface area contributed by atoms with E-state index in [9.17, 15) is 31.2 Å². The minimum atomic E-state index is -5.11. The van der Waals surface area contributed by atoms with Crippen molar-refractivity contribution < 1.29 is 40.7 Å². The predicted molar refractivity (Wildman–Crippen MR) is 156 cm³/mol. The molecule has 1 atom stereocenters. The number of likely N-dealkylation sites (tertiary alicyclic amines) is 1. The number of amides is 2. The van der Waals surface area contributed by atoms with Gasteiger partial charge in [-0.2, -0.15) is 0 Å². The van der Waals surface area contributed by atoms with Gasteiger partial charge in [-0.25, -0.2) is 13.2 Å². The largest absolute Gasteiger partial charge is 0.573 e. The van der Waals surface area contributed by atoms with Crippen molar-refractivity contribution in [2.45, 2.75) is 70.1 Å². The van der Waals surface area contributed by atoms with Crippen LogP contribution in [-0.2, 0) is 27.7 Å². The van der Waals surface area contributed by atoms with Crippen molar-refractivity contribution in [1.29, 1.82) is 0 Å². The van der Waals surface area contributed by atoms with Crippen LogP contribution in [0.15, 0.2) is 29.2 Å². The lowest BCUT2D eigenvalue weighted by atomic mass is 10.1. The Kier molecular flexibility index (Phi) is 10.7. The van der Waals surface area contributed by atoms with Crippen molar-refractivity contribution in [3.8, 4) is 5.75 Å². The van der Waals surface area contributed by atoms with Crippen LogP contribution >= 0.6 is 23.2 Å². The standard InChI is InChI=1S/C27H33Cl2F3N4O6S/c1-5-43(39,40)21-7-6-16(28)10-15(21)12-34-24(37)18-11-20(41-27(30,31)32)19(22(29)23(18)33)14-36-9-8-17(13-36)35-25(38)42-26(2,3)4/h6-7,10-11,17H,5,8-9,12-14,33H2,1-4H3,(H,34,37)(H,35,38)/t17-/m1/s1. The van der Waals surface area contributed by atoms with Crippen molar-refractivity contribution in [2.75, 3.05) is 24.6 Å². The summed E-state index contributed by atoms with van der Waals surface area (Å²) in [5.41, 5.74) is 4.80. The number of alkyl carbamates (subject to hydrolysis) is 1. The fourth-order valence-electron chi connectivity index (χ4n) is 4.44. The molecule has 0 saturated carbocycles. The fraction of sp³-hybridized carbons (Fsp3) is 0.481. The highest BCUT2D eigenvalue weighted by atomic mass is 35.5. The van der Waals surface area contributed by atoms with E-state index in [1.165, 1.54) is 25.1 Å². The molecule has 2 amide bonds. The van der Waals surface area contributed by atoms with Gasteiger partial charge in [0, 0.05) is 42.8 Å². The minimum Gasteiger partial charge on any atom is -0.444 e. The van der Waals surface area contributed by atoms with Crippen LogP contribution in [0.2, 0.25) is 10.0 Å². The number of rotatable bonds is 9. The van der Waals surface area contributed by atoms with Crippen LogP contribution in [0.3, 0.4) is 0 Å². The highest BCUT2D eigenvalue weighted by molar-refractivity contribution is 7.91. The van der Waals surface area contributed by atoms with E-state index in [0.717, 1.165) is 6.07 Å². The number of halogens is 5. The van der Waals surface area contributed by atoms with E-state index < -0.39 is 45.1 Å². The number of nitrogen functional groups attached to an aromatic ring is 1. The molecule has 1 fully saturated rings. The Bertz CT molecular complexity index is 1480. The second kappa shape index (κ2) is 13.4. The topological polar surface area (TPSA) is 140 Å². The molecule has 10 nitrogen and oxygen atoms in total. The summed E-state index contributed by atoms with van der Waals surface area (Å²) < 4.78 is 74.7. The summed E-state index contributed by atoms with van der Waals surface area (Å²) >= 11 is 12.4. The summed E-state index contributed by atoms with van der Waals surface area (Å²) in [4.78, 5) is 26.9. The smallest absolute Gasteiger partial charge is 0.444 e. The van der Waals surface area contributed by atoms with E-state index in [4.69, 9.17) is 33.7 Å². The van der Waals surface area contributed by atoms with Gasteiger partial charge >= 0.3 is 12.5 Å². The summed E-state index contributed by atoms with van der Waals surface area (Å²) in [6.45, 7) is 6.87. The number of anilines is 1. The molecule has 16 heteroatoms. The molecule has 3 rings (SSSR count). The van der Waals surface area contributed by atoms with E-state index in [1.807, 2.05) is 0 Å². The lowest BCUT2D eigenvalue weighted by Crippen LogP contribution is -2.40.